The van der Waals surface area contributed by atoms with E-state index in [0.717, 1.165) is 24.8 Å². The molecule has 1 heterocycles. The lowest BCUT2D eigenvalue weighted by Gasteiger charge is -2.40. The minimum Gasteiger partial charge on any atom is -0.411 e. The van der Waals surface area contributed by atoms with Crippen molar-refractivity contribution in [2.75, 3.05) is 6.61 Å². The lowest BCUT2D eigenvalue weighted by Crippen LogP contribution is -2.48. The zero-order valence-corrected chi connectivity index (χ0v) is 25.6. The van der Waals surface area contributed by atoms with Crippen LogP contribution in [0.4, 0.5) is 0 Å². The molecule has 2 aliphatic carbocycles. The number of hydrogen-bond donors (Lipinski definition) is 0. The number of ether oxygens (including phenoxy) is 4. The van der Waals surface area contributed by atoms with E-state index in [1.54, 1.807) is 0 Å². The van der Waals surface area contributed by atoms with Crippen LogP contribution >= 0.6 is 0 Å². The summed E-state index contributed by atoms with van der Waals surface area (Å²) in [6.45, 7) is 13.3. The first-order valence-electron chi connectivity index (χ1n) is 15.0. The summed E-state index contributed by atoms with van der Waals surface area (Å²) >= 11 is 0. The van der Waals surface area contributed by atoms with Gasteiger partial charge in [0.2, 0.25) is 0 Å². The molecule has 1 spiro atoms. The van der Waals surface area contributed by atoms with Crippen LogP contribution in [0.15, 0.2) is 60.7 Å². The SMILES string of the molecule is CC(C)(C)[Si](C)(C)O[C@@H]1C[C@H]([C@H]2COC3(CCCCC3)O2)[C@@H](OCc2ccccc2)[C@H]1OCc1ccccc1. The fraction of sp³-hybridized carbons (Fsp3) is 0.636. The topological polar surface area (TPSA) is 46.2 Å². The molecule has 0 aromatic heterocycles. The predicted molar refractivity (Wildman–Crippen MR) is 157 cm³/mol. The molecule has 3 aliphatic rings. The molecule has 3 fully saturated rings. The number of benzene rings is 2. The Hall–Kier alpha value is -1.54. The molecule has 0 unspecified atom stereocenters. The normalized spacial score (nSPS) is 29.2. The van der Waals surface area contributed by atoms with Crippen LogP contribution in [0.2, 0.25) is 18.1 Å². The Morgan fingerprint density at radius 3 is 1.95 bits per heavy atom. The van der Waals surface area contributed by atoms with E-state index in [-0.39, 0.29) is 35.4 Å². The number of rotatable bonds is 9. The first kappa shape index (κ1) is 29.0. The third-order valence-corrected chi connectivity index (χ3v) is 13.9. The lowest BCUT2D eigenvalue weighted by atomic mass is 9.94. The van der Waals surface area contributed by atoms with Crippen LogP contribution in [-0.4, -0.2) is 45.1 Å². The molecule has 2 saturated carbocycles. The van der Waals surface area contributed by atoms with Crippen LogP contribution in [0.5, 0.6) is 0 Å². The summed E-state index contributed by atoms with van der Waals surface area (Å²) in [7, 11) is -2.05. The van der Waals surface area contributed by atoms with Gasteiger partial charge in [-0.15, -0.1) is 0 Å². The highest BCUT2D eigenvalue weighted by molar-refractivity contribution is 6.74. The maximum atomic E-state index is 7.11. The highest BCUT2D eigenvalue weighted by Gasteiger charge is 2.55. The highest BCUT2D eigenvalue weighted by Crippen LogP contribution is 2.47. The van der Waals surface area contributed by atoms with Crippen molar-refractivity contribution in [3.63, 3.8) is 0 Å². The second kappa shape index (κ2) is 12.1. The van der Waals surface area contributed by atoms with Crippen LogP contribution in [0.25, 0.3) is 0 Å². The Morgan fingerprint density at radius 2 is 1.38 bits per heavy atom. The molecule has 2 aromatic rings. The van der Waals surface area contributed by atoms with Crippen LogP contribution in [0.1, 0.15) is 70.4 Å². The first-order chi connectivity index (χ1) is 18.7. The van der Waals surface area contributed by atoms with E-state index in [1.807, 2.05) is 12.1 Å². The van der Waals surface area contributed by atoms with Gasteiger partial charge in [0, 0.05) is 18.8 Å². The third-order valence-electron chi connectivity index (χ3n) is 9.41. The van der Waals surface area contributed by atoms with Gasteiger partial charge in [0.15, 0.2) is 14.1 Å². The Bertz CT molecular complexity index is 1030. The fourth-order valence-corrected chi connectivity index (χ4v) is 7.46. The van der Waals surface area contributed by atoms with E-state index >= 15 is 0 Å². The van der Waals surface area contributed by atoms with Gasteiger partial charge < -0.3 is 23.4 Å². The maximum Gasteiger partial charge on any atom is 0.192 e. The van der Waals surface area contributed by atoms with E-state index in [0.29, 0.717) is 19.8 Å². The average molecular weight is 553 g/mol. The van der Waals surface area contributed by atoms with Gasteiger partial charge in [0.25, 0.3) is 0 Å². The molecular formula is C33H48O5Si. The van der Waals surface area contributed by atoms with Gasteiger partial charge in [0.05, 0.1) is 38.1 Å². The van der Waals surface area contributed by atoms with E-state index in [1.165, 1.54) is 24.8 Å². The van der Waals surface area contributed by atoms with Gasteiger partial charge in [-0.05, 0) is 48.5 Å². The fourth-order valence-electron chi connectivity index (χ4n) is 6.12. The van der Waals surface area contributed by atoms with E-state index < -0.39 is 14.1 Å². The Kier molecular flexibility index (Phi) is 9.01. The maximum absolute atomic E-state index is 7.11. The monoisotopic (exact) mass is 552 g/mol. The summed E-state index contributed by atoms with van der Waals surface area (Å²) in [5, 5.41) is 0.106. The third kappa shape index (κ3) is 6.86. The Balaban J connectivity index is 1.41. The standard InChI is InChI=1S/C33H48O5Si/c1-32(2,3)39(4,5)38-28-21-27(29-24-36-33(37-29)19-13-8-14-20-33)30(34-22-25-15-9-6-10-16-25)31(28)35-23-26-17-11-7-12-18-26/h6-7,9-12,15-18,27-31H,8,13-14,19-24H2,1-5H3/t27-,28-,29-,30-,31+/m1/s1. The van der Waals surface area contributed by atoms with Crippen molar-refractivity contribution in [2.24, 2.45) is 5.92 Å². The molecular weight excluding hydrogens is 504 g/mol. The molecule has 5 rings (SSSR count). The summed E-state index contributed by atoms with van der Waals surface area (Å²) < 4.78 is 33.9. The lowest BCUT2D eigenvalue weighted by molar-refractivity contribution is -0.197. The van der Waals surface area contributed by atoms with Crippen molar-refractivity contribution < 1.29 is 23.4 Å². The molecule has 5 atom stereocenters. The summed E-state index contributed by atoms with van der Waals surface area (Å²) in [5.74, 6) is -0.267. The molecule has 39 heavy (non-hydrogen) atoms. The van der Waals surface area contributed by atoms with Gasteiger partial charge in [-0.1, -0.05) is 87.9 Å². The van der Waals surface area contributed by atoms with Crippen molar-refractivity contribution >= 4 is 8.32 Å². The second-order valence-corrected chi connectivity index (χ2v) is 18.0. The van der Waals surface area contributed by atoms with Gasteiger partial charge in [-0.3, -0.25) is 0 Å². The smallest absolute Gasteiger partial charge is 0.192 e. The van der Waals surface area contributed by atoms with Crippen molar-refractivity contribution in [3.05, 3.63) is 71.8 Å². The van der Waals surface area contributed by atoms with Crippen LogP contribution in [0.3, 0.4) is 0 Å². The molecule has 6 heteroatoms. The quantitative estimate of drug-likeness (QED) is 0.299. The molecule has 0 bridgehead atoms. The molecule has 214 valence electrons. The highest BCUT2D eigenvalue weighted by atomic mass is 28.4. The van der Waals surface area contributed by atoms with E-state index in [9.17, 15) is 0 Å². The minimum absolute atomic E-state index is 0.0142. The van der Waals surface area contributed by atoms with Crippen molar-refractivity contribution in [1.29, 1.82) is 0 Å². The average Bonchev–Trinajstić information content (AvgIpc) is 3.47. The van der Waals surface area contributed by atoms with Crippen LogP contribution in [0, 0.1) is 5.92 Å². The molecule has 2 aromatic carbocycles. The van der Waals surface area contributed by atoms with Gasteiger partial charge in [-0.2, -0.15) is 0 Å². The van der Waals surface area contributed by atoms with Gasteiger partial charge in [-0.25, -0.2) is 0 Å². The van der Waals surface area contributed by atoms with Gasteiger partial charge in [0.1, 0.15) is 6.10 Å². The summed E-state index contributed by atoms with van der Waals surface area (Å²) in [4.78, 5) is 0. The Labute approximate surface area is 236 Å². The molecule has 0 N–H and O–H groups in total. The van der Waals surface area contributed by atoms with E-state index in [4.69, 9.17) is 23.4 Å². The van der Waals surface area contributed by atoms with Crippen molar-refractivity contribution in [3.8, 4) is 0 Å². The van der Waals surface area contributed by atoms with Gasteiger partial charge >= 0.3 is 0 Å². The predicted octanol–water partition coefficient (Wildman–Crippen LogP) is 7.64. The summed E-state index contributed by atoms with van der Waals surface area (Å²) in [5.41, 5.74) is 2.33. The van der Waals surface area contributed by atoms with Crippen molar-refractivity contribution in [1.82, 2.24) is 0 Å². The van der Waals surface area contributed by atoms with Crippen LogP contribution in [-0.2, 0) is 36.6 Å². The first-order valence-corrected chi connectivity index (χ1v) is 17.9. The molecule has 0 amide bonds. The zero-order valence-electron chi connectivity index (χ0n) is 24.6. The summed E-state index contributed by atoms with van der Waals surface area (Å²) in [6, 6.07) is 20.9. The summed E-state index contributed by atoms with van der Waals surface area (Å²) in [6.07, 6.45) is 6.06. The minimum atomic E-state index is -2.05. The van der Waals surface area contributed by atoms with E-state index in [2.05, 4.69) is 82.4 Å². The molecule has 5 nitrogen and oxygen atoms in total. The molecule has 1 aliphatic heterocycles. The molecule has 1 saturated heterocycles. The number of hydrogen-bond acceptors (Lipinski definition) is 5. The Morgan fingerprint density at radius 1 is 0.821 bits per heavy atom. The van der Waals surface area contributed by atoms with Crippen LogP contribution < -0.4 is 0 Å². The largest absolute Gasteiger partial charge is 0.411 e. The van der Waals surface area contributed by atoms with Crippen molar-refractivity contribution in [2.45, 2.75) is 121 Å². The second-order valence-electron chi connectivity index (χ2n) is 13.3. The molecule has 0 radical (unpaired) electrons. The zero-order chi connectivity index (χ0) is 27.5.